The Morgan fingerprint density at radius 3 is 2.67 bits per heavy atom. The maximum absolute atomic E-state index is 12.2. The van der Waals surface area contributed by atoms with Gasteiger partial charge in [-0.05, 0) is 44.0 Å². The van der Waals surface area contributed by atoms with Crippen LogP contribution >= 0.6 is 0 Å². The minimum atomic E-state index is -3.29. The highest BCUT2D eigenvalue weighted by molar-refractivity contribution is 7.90. The number of likely N-dealkylation sites (tertiary alicyclic amines) is 1. The van der Waals surface area contributed by atoms with Crippen LogP contribution in [0.15, 0.2) is 59.8 Å². The van der Waals surface area contributed by atoms with E-state index in [-0.39, 0.29) is 5.92 Å². The van der Waals surface area contributed by atoms with Gasteiger partial charge >= 0.3 is 0 Å². The number of rotatable bonds is 6. The van der Waals surface area contributed by atoms with E-state index in [0.29, 0.717) is 10.6 Å². The molecule has 4 rings (SSSR count). The van der Waals surface area contributed by atoms with Gasteiger partial charge in [-0.2, -0.15) is 5.10 Å². The number of pyridine rings is 1. The first kappa shape index (κ1) is 20.8. The van der Waals surface area contributed by atoms with Crippen molar-refractivity contribution in [3.63, 3.8) is 0 Å². The summed E-state index contributed by atoms with van der Waals surface area (Å²) >= 11 is 0. The summed E-state index contributed by atoms with van der Waals surface area (Å²) in [5.74, 6) is 0.129. The van der Waals surface area contributed by atoms with E-state index in [0.717, 1.165) is 39.0 Å². The largest absolute Gasteiger partial charge is 0.298 e. The van der Waals surface area contributed by atoms with Gasteiger partial charge in [-0.15, -0.1) is 0 Å². The van der Waals surface area contributed by atoms with E-state index in [1.807, 2.05) is 29.1 Å². The monoisotopic (exact) mass is 424 g/mol. The molecular weight excluding hydrogens is 396 g/mol. The molecule has 1 unspecified atom stereocenters. The molecule has 30 heavy (non-hydrogen) atoms. The number of benzene rings is 1. The van der Waals surface area contributed by atoms with Crippen LogP contribution in [0.25, 0.3) is 0 Å². The first-order valence-corrected chi connectivity index (χ1v) is 12.2. The Morgan fingerprint density at radius 1 is 1.10 bits per heavy atom. The number of sulfone groups is 1. The molecule has 1 fully saturated rings. The molecule has 7 heteroatoms. The van der Waals surface area contributed by atoms with Crippen LogP contribution in [0.4, 0.5) is 0 Å². The molecule has 0 amide bonds. The lowest BCUT2D eigenvalue weighted by atomic mass is 9.94. The van der Waals surface area contributed by atoms with Crippen molar-refractivity contribution in [1.29, 1.82) is 0 Å². The SMILES string of the molecule is Cc1c(CN2CCCC(c3ncccc3S(C)(=O)=O)C2)cnn1Cc1ccccc1. The summed E-state index contributed by atoms with van der Waals surface area (Å²) in [6, 6.07) is 13.7. The van der Waals surface area contributed by atoms with Gasteiger partial charge in [0.1, 0.15) is 0 Å². The topological polar surface area (TPSA) is 68.1 Å². The summed E-state index contributed by atoms with van der Waals surface area (Å²) in [4.78, 5) is 7.22. The number of nitrogens with zero attached hydrogens (tertiary/aromatic N) is 4. The van der Waals surface area contributed by atoms with Crippen molar-refractivity contribution >= 4 is 9.84 Å². The average molecular weight is 425 g/mol. The van der Waals surface area contributed by atoms with E-state index in [1.165, 1.54) is 23.1 Å². The van der Waals surface area contributed by atoms with E-state index in [1.54, 1.807) is 18.3 Å². The van der Waals surface area contributed by atoms with Gasteiger partial charge in [-0.3, -0.25) is 14.6 Å². The van der Waals surface area contributed by atoms with Crippen LogP contribution < -0.4 is 0 Å². The quantitative estimate of drug-likeness (QED) is 0.607. The summed E-state index contributed by atoms with van der Waals surface area (Å²) in [7, 11) is -3.29. The molecule has 2 aromatic heterocycles. The Kier molecular flexibility index (Phi) is 6.01. The zero-order chi connectivity index (χ0) is 21.1. The molecule has 3 aromatic rings. The summed E-state index contributed by atoms with van der Waals surface area (Å²) in [5.41, 5.74) is 4.34. The molecule has 0 spiro atoms. The van der Waals surface area contributed by atoms with Gasteiger partial charge in [0.05, 0.1) is 23.3 Å². The first-order valence-electron chi connectivity index (χ1n) is 10.3. The molecule has 0 saturated carbocycles. The van der Waals surface area contributed by atoms with Crippen molar-refractivity contribution in [1.82, 2.24) is 19.7 Å². The molecule has 3 heterocycles. The Labute approximate surface area is 178 Å². The van der Waals surface area contributed by atoms with Crippen LogP contribution in [0.5, 0.6) is 0 Å². The van der Waals surface area contributed by atoms with Crippen LogP contribution in [-0.4, -0.2) is 47.4 Å². The van der Waals surface area contributed by atoms with Gasteiger partial charge in [0.15, 0.2) is 9.84 Å². The van der Waals surface area contributed by atoms with Crippen molar-refractivity contribution in [3.05, 3.63) is 77.4 Å². The number of aromatic nitrogens is 3. The molecule has 0 bridgehead atoms. The second-order valence-electron chi connectivity index (χ2n) is 8.13. The first-order chi connectivity index (χ1) is 14.4. The van der Waals surface area contributed by atoms with E-state index >= 15 is 0 Å². The average Bonchev–Trinajstić information content (AvgIpc) is 3.08. The third kappa shape index (κ3) is 4.63. The maximum atomic E-state index is 12.2. The van der Waals surface area contributed by atoms with Gasteiger partial charge in [-0.1, -0.05) is 30.3 Å². The van der Waals surface area contributed by atoms with E-state index < -0.39 is 9.84 Å². The third-order valence-corrected chi connectivity index (χ3v) is 7.01. The van der Waals surface area contributed by atoms with E-state index in [9.17, 15) is 8.42 Å². The predicted octanol–water partition coefficient (Wildman–Crippen LogP) is 3.42. The van der Waals surface area contributed by atoms with E-state index in [4.69, 9.17) is 0 Å². The Hall–Kier alpha value is -2.51. The second kappa shape index (κ2) is 8.70. The lowest BCUT2D eigenvalue weighted by Crippen LogP contribution is -2.34. The van der Waals surface area contributed by atoms with Gasteiger partial charge in [0, 0.05) is 42.7 Å². The van der Waals surface area contributed by atoms with Crippen LogP contribution in [0.2, 0.25) is 0 Å². The molecule has 6 nitrogen and oxygen atoms in total. The lowest BCUT2D eigenvalue weighted by Gasteiger charge is -2.33. The predicted molar refractivity (Wildman–Crippen MR) is 117 cm³/mol. The van der Waals surface area contributed by atoms with Crippen molar-refractivity contribution < 1.29 is 8.42 Å². The van der Waals surface area contributed by atoms with Gasteiger partial charge in [0.25, 0.3) is 0 Å². The molecule has 1 aliphatic heterocycles. The third-order valence-electron chi connectivity index (χ3n) is 5.87. The highest BCUT2D eigenvalue weighted by Crippen LogP contribution is 2.30. The lowest BCUT2D eigenvalue weighted by molar-refractivity contribution is 0.197. The molecule has 1 saturated heterocycles. The van der Waals surface area contributed by atoms with Crippen LogP contribution in [-0.2, 0) is 22.9 Å². The fourth-order valence-corrected chi connectivity index (χ4v) is 5.17. The van der Waals surface area contributed by atoms with Crippen molar-refractivity contribution in [2.45, 2.75) is 43.7 Å². The van der Waals surface area contributed by atoms with Crippen LogP contribution in [0, 0.1) is 6.92 Å². The number of piperidine rings is 1. The Balaban J connectivity index is 1.48. The van der Waals surface area contributed by atoms with E-state index in [2.05, 4.69) is 34.0 Å². The number of hydrogen-bond donors (Lipinski definition) is 0. The fourth-order valence-electron chi connectivity index (χ4n) is 4.24. The molecule has 1 aromatic carbocycles. The van der Waals surface area contributed by atoms with Gasteiger partial charge < -0.3 is 0 Å². The Bertz CT molecular complexity index is 1110. The standard InChI is InChI=1S/C23H28N4O2S/c1-18-21(14-25-27(18)15-19-8-4-3-5-9-19)17-26-13-7-10-20(16-26)23-22(30(2,28)29)11-6-12-24-23/h3-6,8-9,11-12,14,20H,7,10,13,15-17H2,1-2H3. The maximum Gasteiger partial charge on any atom is 0.177 e. The highest BCUT2D eigenvalue weighted by Gasteiger charge is 2.27. The second-order valence-corrected chi connectivity index (χ2v) is 10.1. The highest BCUT2D eigenvalue weighted by atomic mass is 32.2. The molecule has 158 valence electrons. The zero-order valence-electron chi connectivity index (χ0n) is 17.5. The van der Waals surface area contributed by atoms with Crippen LogP contribution in [0.1, 0.15) is 41.3 Å². The molecule has 1 atom stereocenters. The minimum absolute atomic E-state index is 0.129. The smallest absolute Gasteiger partial charge is 0.177 e. The molecular formula is C23H28N4O2S. The molecule has 0 aliphatic carbocycles. The Morgan fingerprint density at radius 2 is 1.90 bits per heavy atom. The zero-order valence-corrected chi connectivity index (χ0v) is 18.3. The van der Waals surface area contributed by atoms with Crippen molar-refractivity contribution in [2.75, 3.05) is 19.3 Å². The summed E-state index contributed by atoms with van der Waals surface area (Å²) < 4.78 is 26.5. The summed E-state index contributed by atoms with van der Waals surface area (Å²) in [6.07, 6.45) is 6.91. The van der Waals surface area contributed by atoms with Crippen LogP contribution in [0.3, 0.4) is 0 Å². The van der Waals surface area contributed by atoms with Gasteiger partial charge in [0.2, 0.25) is 0 Å². The molecule has 1 aliphatic rings. The summed E-state index contributed by atoms with van der Waals surface area (Å²) in [5, 5.41) is 4.60. The fraction of sp³-hybridized carbons (Fsp3) is 0.391. The normalized spacial score (nSPS) is 17.9. The van der Waals surface area contributed by atoms with Crippen molar-refractivity contribution in [2.24, 2.45) is 0 Å². The van der Waals surface area contributed by atoms with Crippen molar-refractivity contribution in [3.8, 4) is 0 Å². The van der Waals surface area contributed by atoms with Gasteiger partial charge in [-0.25, -0.2) is 8.42 Å². The summed E-state index contributed by atoms with van der Waals surface area (Å²) in [6.45, 7) is 5.51. The minimum Gasteiger partial charge on any atom is -0.298 e. The molecule has 0 N–H and O–H groups in total. The molecule has 0 radical (unpaired) electrons. The number of hydrogen-bond acceptors (Lipinski definition) is 5.